The third-order valence-electron chi connectivity index (χ3n) is 2.84. The summed E-state index contributed by atoms with van der Waals surface area (Å²) in [6.45, 7) is -1.46. The Morgan fingerprint density at radius 1 is 1.53 bits per heavy atom. The molecule has 1 aromatic heterocycles. The van der Waals surface area contributed by atoms with Crippen molar-refractivity contribution < 1.29 is 22.4 Å². The molecule has 4 N–H and O–H groups in total. The summed E-state index contributed by atoms with van der Waals surface area (Å²) < 4.78 is 49.1. The molecule has 1 aliphatic carbocycles. The number of carbonyl (C=O) groups is 1. The average molecular weight is 280 g/mol. The van der Waals surface area contributed by atoms with E-state index in [0.717, 1.165) is 12.8 Å². The Labute approximate surface area is 105 Å². The van der Waals surface area contributed by atoms with Crippen LogP contribution in [0.4, 0.5) is 23.2 Å². The monoisotopic (exact) mass is 280 g/mol. The van der Waals surface area contributed by atoms with Crippen molar-refractivity contribution in [3.05, 3.63) is 11.4 Å². The largest absolute Gasteiger partial charge is 0.395 e. The summed E-state index contributed by atoms with van der Waals surface area (Å²) in [7, 11) is 0. The van der Waals surface area contributed by atoms with E-state index in [1.165, 1.54) is 0 Å². The third kappa shape index (κ3) is 2.79. The lowest BCUT2D eigenvalue weighted by molar-refractivity contribution is -0.123. The van der Waals surface area contributed by atoms with Crippen molar-refractivity contribution in [2.24, 2.45) is 0 Å². The lowest BCUT2D eigenvalue weighted by Crippen LogP contribution is -2.41. The fourth-order valence-corrected chi connectivity index (χ4v) is 1.58. The number of nitrogen functional groups attached to an aromatic ring is 1. The molecule has 0 aliphatic heterocycles. The molecule has 0 unspecified atom stereocenters. The number of nitrogens with one attached hydrogen (secondary N) is 2. The molecule has 0 radical (unpaired) electrons. The molecule has 19 heavy (non-hydrogen) atoms. The summed E-state index contributed by atoms with van der Waals surface area (Å²) in [5.74, 6) is -5.07. The Hall–Kier alpha value is -1.80. The highest BCUT2D eigenvalue weighted by molar-refractivity contribution is 5.97. The molecule has 0 aromatic carbocycles. The van der Waals surface area contributed by atoms with Crippen LogP contribution in [0.15, 0.2) is 0 Å². The van der Waals surface area contributed by atoms with E-state index in [9.17, 15) is 22.4 Å². The number of rotatable bonds is 5. The van der Waals surface area contributed by atoms with E-state index in [2.05, 4.69) is 10.2 Å². The fourth-order valence-electron chi connectivity index (χ4n) is 1.58. The van der Waals surface area contributed by atoms with Crippen LogP contribution in [-0.2, 0) is 0 Å². The molecular formula is C10H12F4N4O. The molecular weight excluding hydrogens is 268 g/mol. The summed E-state index contributed by atoms with van der Waals surface area (Å²) >= 11 is 0. The minimum absolute atomic E-state index is 0.0837. The number of anilines is 1. The highest BCUT2D eigenvalue weighted by Crippen LogP contribution is 2.42. The topological polar surface area (TPSA) is 83.8 Å². The predicted molar refractivity (Wildman–Crippen MR) is 58.3 cm³/mol. The lowest BCUT2D eigenvalue weighted by Gasteiger charge is -2.15. The molecule has 0 saturated heterocycles. The van der Waals surface area contributed by atoms with Gasteiger partial charge in [0.1, 0.15) is 0 Å². The normalized spacial score (nSPS) is 15.8. The number of alkyl halides is 4. The van der Waals surface area contributed by atoms with Crippen LogP contribution < -0.4 is 11.1 Å². The molecule has 1 fully saturated rings. The molecule has 5 nitrogen and oxygen atoms in total. The highest BCUT2D eigenvalue weighted by Gasteiger charge is 2.41. The zero-order valence-corrected chi connectivity index (χ0v) is 9.72. The van der Waals surface area contributed by atoms with E-state index in [4.69, 9.17) is 5.73 Å². The lowest BCUT2D eigenvalue weighted by atomic mass is 10.2. The molecule has 0 spiro atoms. The van der Waals surface area contributed by atoms with E-state index in [1.54, 1.807) is 5.32 Å². The molecule has 0 bridgehead atoms. The summed E-state index contributed by atoms with van der Waals surface area (Å²) in [4.78, 5) is 11.5. The Bertz CT molecular complexity index is 484. The quantitative estimate of drug-likeness (QED) is 0.715. The van der Waals surface area contributed by atoms with E-state index in [1.807, 2.05) is 0 Å². The van der Waals surface area contributed by atoms with Gasteiger partial charge in [-0.3, -0.25) is 9.89 Å². The first-order valence-corrected chi connectivity index (χ1v) is 5.61. The van der Waals surface area contributed by atoms with Crippen LogP contribution in [0, 0.1) is 0 Å². The van der Waals surface area contributed by atoms with Gasteiger partial charge in [-0.15, -0.1) is 0 Å². The number of H-pyrrole nitrogens is 1. The van der Waals surface area contributed by atoms with Gasteiger partial charge in [0.2, 0.25) is 0 Å². The number of hydrogen-bond acceptors (Lipinski definition) is 3. The second kappa shape index (κ2) is 4.71. The van der Waals surface area contributed by atoms with E-state index < -0.39 is 24.8 Å². The van der Waals surface area contributed by atoms with Crippen LogP contribution in [0.25, 0.3) is 0 Å². The molecule has 1 heterocycles. The van der Waals surface area contributed by atoms with Crippen molar-refractivity contribution in [3.8, 4) is 0 Å². The van der Waals surface area contributed by atoms with E-state index in [0.29, 0.717) is 5.69 Å². The van der Waals surface area contributed by atoms with Gasteiger partial charge >= 0.3 is 12.3 Å². The van der Waals surface area contributed by atoms with Crippen molar-refractivity contribution in [1.29, 1.82) is 0 Å². The van der Waals surface area contributed by atoms with Gasteiger partial charge in [0.05, 0.1) is 17.9 Å². The van der Waals surface area contributed by atoms with Gasteiger partial charge in [0.15, 0.2) is 5.69 Å². The zero-order valence-electron chi connectivity index (χ0n) is 9.72. The number of halogens is 4. The molecule has 1 amide bonds. The van der Waals surface area contributed by atoms with Gasteiger partial charge in [-0.05, 0) is 12.8 Å². The van der Waals surface area contributed by atoms with Crippen LogP contribution in [0.3, 0.4) is 0 Å². The standard InChI is InChI=1S/C10H12F4N4O/c11-9(12)10(13,14)3-16-8(19)7-5(15)6(17-18-7)4-1-2-4/h4,9H,1-3,15H2,(H,16,19)(H,17,18). The number of carbonyl (C=O) groups excluding carboxylic acids is 1. The number of aromatic nitrogens is 2. The van der Waals surface area contributed by atoms with Gasteiger partial charge in [0, 0.05) is 5.92 Å². The van der Waals surface area contributed by atoms with Gasteiger partial charge in [-0.2, -0.15) is 13.9 Å². The van der Waals surface area contributed by atoms with Gasteiger partial charge in [-0.25, -0.2) is 8.78 Å². The second-order valence-corrected chi connectivity index (χ2v) is 4.42. The zero-order chi connectivity index (χ0) is 14.2. The van der Waals surface area contributed by atoms with Crippen LogP contribution >= 0.6 is 0 Å². The summed E-state index contributed by atoms with van der Waals surface area (Å²) in [6.07, 6.45) is -2.01. The number of aromatic amines is 1. The van der Waals surface area contributed by atoms with Crippen LogP contribution in [-0.4, -0.2) is 35.0 Å². The highest BCUT2D eigenvalue weighted by atomic mass is 19.3. The SMILES string of the molecule is Nc1c(C(=O)NCC(F)(F)C(F)F)n[nH]c1C1CC1. The first-order valence-electron chi connectivity index (χ1n) is 5.61. The number of hydrogen-bond donors (Lipinski definition) is 3. The van der Waals surface area contributed by atoms with Crippen LogP contribution in [0.5, 0.6) is 0 Å². The van der Waals surface area contributed by atoms with Crippen molar-refractivity contribution in [2.75, 3.05) is 12.3 Å². The van der Waals surface area contributed by atoms with Gasteiger partial charge < -0.3 is 11.1 Å². The number of amides is 1. The van der Waals surface area contributed by atoms with Crippen LogP contribution in [0.1, 0.15) is 34.9 Å². The first kappa shape index (κ1) is 13.6. The van der Waals surface area contributed by atoms with E-state index in [-0.39, 0.29) is 17.3 Å². The predicted octanol–water partition coefficient (Wildman–Crippen LogP) is 1.50. The maximum Gasteiger partial charge on any atom is 0.324 e. The Kier molecular flexibility index (Phi) is 3.38. The molecule has 9 heteroatoms. The minimum Gasteiger partial charge on any atom is -0.395 e. The smallest absolute Gasteiger partial charge is 0.324 e. The Morgan fingerprint density at radius 2 is 2.16 bits per heavy atom. The van der Waals surface area contributed by atoms with Crippen molar-refractivity contribution >= 4 is 11.6 Å². The molecule has 1 aliphatic rings. The summed E-state index contributed by atoms with van der Waals surface area (Å²) in [6, 6.07) is 0. The van der Waals surface area contributed by atoms with Gasteiger partial charge in [-0.1, -0.05) is 0 Å². The minimum atomic E-state index is -4.28. The molecule has 1 aromatic rings. The molecule has 0 atom stereocenters. The summed E-state index contributed by atoms with van der Waals surface area (Å²) in [5.41, 5.74) is 6.08. The molecule has 1 saturated carbocycles. The molecule has 106 valence electrons. The Balaban J connectivity index is 2.00. The summed E-state index contributed by atoms with van der Waals surface area (Å²) in [5, 5.41) is 7.90. The van der Waals surface area contributed by atoms with Gasteiger partial charge in [0.25, 0.3) is 5.91 Å². The number of nitrogens with two attached hydrogens (primary N) is 1. The van der Waals surface area contributed by atoms with Crippen molar-refractivity contribution in [1.82, 2.24) is 15.5 Å². The first-order chi connectivity index (χ1) is 8.83. The third-order valence-corrected chi connectivity index (χ3v) is 2.84. The Morgan fingerprint density at radius 3 is 2.68 bits per heavy atom. The second-order valence-electron chi connectivity index (χ2n) is 4.42. The van der Waals surface area contributed by atoms with Crippen LogP contribution in [0.2, 0.25) is 0 Å². The van der Waals surface area contributed by atoms with E-state index >= 15 is 0 Å². The van der Waals surface area contributed by atoms with Crippen molar-refractivity contribution in [2.45, 2.75) is 31.1 Å². The fraction of sp³-hybridized carbons (Fsp3) is 0.600. The maximum absolute atomic E-state index is 12.6. The number of nitrogens with zero attached hydrogens (tertiary/aromatic N) is 1. The average Bonchev–Trinajstić information content (AvgIpc) is 3.10. The maximum atomic E-state index is 12.6. The molecule has 2 rings (SSSR count). The van der Waals surface area contributed by atoms with Crippen molar-refractivity contribution in [3.63, 3.8) is 0 Å².